The SMILES string of the molecule is CCOc1c(/C(C)=C/C(=O)Nc2nccs2)cc2c3c(oc2c1C)CCCC3. The molecule has 0 bridgehead atoms. The molecule has 0 unspecified atom stereocenters. The third kappa shape index (κ3) is 3.44. The fraction of sp³-hybridized carbons (Fsp3) is 0.364. The molecule has 0 fully saturated rings. The maximum Gasteiger partial charge on any atom is 0.250 e. The average Bonchev–Trinajstić information content (AvgIpc) is 3.31. The lowest BCUT2D eigenvalue weighted by Crippen LogP contribution is -2.08. The van der Waals surface area contributed by atoms with E-state index < -0.39 is 0 Å². The van der Waals surface area contributed by atoms with Gasteiger partial charge in [0.15, 0.2) is 5.13 Å². The van der Waals surface area contributed by atoms with Crippen LogP contribution >= 0.6 is 11.3 Å². The second-order valence-electron chi connectivity index (χ2n) is 7.05. The molecule has 4 rings (SSSR count). The van der Waals surface area contributed by atoms with Gasteiger partial charge in [-0.05, 0) is 51.7 Å². The molecule has 0 spiro atoms. The lowest BCUT2D eigenvalue weighted by Gasteiger charge is -2.15. The smallest absolute Gasteiger partial charge is 0.250 e. The number of allylic oxidation sites excluding steroid dienone is 1. The number of amides is 1. The second-order valence-corrected chi connectivity index (χ2v) is 7.95. The predicted octanol–water partition coefficient (Wildman–Crippen LogP) is 5.52. The van der Waals surface area contributed by atoms with Crippen LogP contribution in [0.3, 0.4) is 0 Å². The van der Waals surface area contributed by atoms with E-state index in [0.29, 0.717) is 11.7 Å². The number of hydrogen-bond acceptors (Lipinski definition) is 5. The Morgan fingerprint density at radius 1 is 1.39 bits per heavy atom. The summed E-state index contributed by atoms with van der Waals surface area (Å²) in [5.74, 6) is 1.70. The summed E-state index contributed by atoms with van der Waals surface area (Å²) in [5, 5.41) is 6.38. The molecule has 1 N–H and O–H groups in total. The number of aromatic nitrogens is 1. The first kappa shape index (κ1) is 18.7. The molecule has 3 aromatic rings. The van der Waals surface area contributed by atoms with E-state index in [-0.39, 0.29) is 5.91 Å². The zero-order chi connectivity index (χ0) is 19.7. The van der Waals surface area contributed by atoms with E-state index in [9.17, 15) is 4.79 Å². The molecule has 1 aliphatic carbocycles. The third-order valence-electron chi connectivity index (χ3n) is 5.15. The summed E-state index contributed by atoms with van der Waals surface area (Å²) in [7, 11) is 0. The summed E-state index contributed by atoms with van der Waals surface area (Å²) in [5.41, 5.74) is 5.02. The number of ether oxygens (including phenoxy) is 1. The summed E-state index contributed by atoms with van der Waals surface area (Å²) < 4.78 is 12.2. The minimum Gasteiger partial charge on any atom is -0.493 e. The van der Waals surface area contributed by atoms with E-state index in [0.717, 1.165) is 52.0 Å². The van der Waals surface area contributed by atoms with Crippen molar-refractivity contribution in [1.82, 2.24) is 4.98 Å². The molecule has 0 saturated carbocycles. The molecular formula is C22H24N2O3S. The van der Waals surface area contributed by atoms with E-state index in [4.69, 9.17) is 9.15 Å². The van der Waals surface area contributed by atoms with Crippen LogP contribution in [0, 0.1) is 6.92 Å². The standard InChI is InChI=1S/C22H24N2O3S/c1-4-26-20-14(3)21-17(15-7-5-6-8-18(15)27-21)12-16(20)13(2)11-19(25)24-22-23-9-10-28-22/h9-12H,4-8H2,1-3H3,(H,23,24,25)/b13-11+. The lowest BCUT2D eigenvalue weighted by atomic mass is 9.93. The van der Waals surface area contributed by atoms with E-state index >= 15 is 0 Å². The van der Waals surface area contributed by atoms with Gasteiger partial charge in [-0.3, -0.25) is 10.1 Å². The topological polar surface area (TPSA) is 64.4 Å². The maximum absolute atomic E-state index is 12.4. The highest BCUT2D eigenvalue weighted by molar-refractivity contribution is 7.13. The fourth-order valence-electron chi connectivity index (χ4n) is 3.86. The van der Waals surface area contributed by atoms with Crippen molar-refractivity contribution < 1.29 is 13.9 Å². The Balaban J connectivity index is 1.78. The number of anilines is 1. The number of nitrogens with one attached hydrogen (secondary N) is 1. The van der Waals surface area contributed by atoms with Crippen molar-refractivity contribution in [1.29, 1.82) is 0 Å². The molecular weight excluding hydrogens is 372 g/mol. The van der Waals surface area contributed by atoms with Crippen LogP contribution in [0.25, 0.3) is 16.5 Å². The largest absolute Gasteiger partial charge is 0.493 e. The van der Waals surface area contributed by atoms with E-state index in [1.807, 2.05) is 26.2 Å². The van der Waals surface area contributed by atoms with Gasteiger partial charge in [-0.15, -0.1) is 11.3 Å². The number of furan rings is 1. The van der Waals surface area contributed by atoms with Crippen LogP contribution in [-0.4, -0.2) is 17.5 Å². The molecule has 28 heavy (non-hydrogen) atoms. The van der Waals surface area contributed by atoms with Crippen LogP contribution in [-0.2, 0) is 17.6 Å². The Labute approximate surface area is 168 Å². The number of rotatable bonds is 5. The first-order chi connectivity index (χ1) is 13.6. The van der Waals surface area contributed by atoms with Gasteiger partial charge in [0.1, 0.15) is 17.1 Å². The summed E-state index contributed by atoms with van der Waals surface area (Å²) in [6, 6.07) is 2.13. The highest BCUT2D eigenvalue weighted by Crippen LogP contribution is 2.41. The zero-order valence-electron chi connectivity index (χ0n) is 16.4. The molecule has 0 atom stereocenters. The molecule has 2 aromatic heterocycles. The molecule has 2 heterocycles. The number of fused-ring (bicyclic) bond motifs is 3. The first-order valence-electron chi connectivity index (χ1n) is 9.68. The van der Waals surface area contributed by atoms with Crippen LogP contribution in [0.15, 0.2) is 28.1 Å². The fourth-order valence-corrected chi connectivity index (χ4v) is 4.39. The van der Waals surface area contributed by atoms with Crippen molar-refractivity contribution in [2.75, 3.05) is 11.9 Å². The minimum atomic E-state index is -0.193. The van der Waals surface area contributed by atoms with Gasteiger partial charge in [-0.2, -0.15) is 0 Å². The van der Waals surface area contributed by atoms with E-state index in [2.05, 4.69) is 16.4 Å². The summed E-state index contributed by atoms with van der Waals surface area (Å²) in [6.07, 6.45) is 7.68. The highest BCUT2D eigenvalue weighted by Gasteiger charge is 2.23. The van der Waals surface area contributed by atoms with Crippen molar-refractivity contribution in [2.45, 2.75) is 46.5 Å². The van der Waals surface area contributed by atoms with Gasteiger partial charge in [0.25, 0.3) is 0 Å². The number of nitrogens with zero attached hydrogens (tertiary/aromatic N) is 1. The van der Waals surface area contributed by atoms with Crippen LogP contribution in [0.4, 0.5) is 5.13 Å². The number of benzene rings is 1. The molecule has 0 aliphatic heterocycles. The number of carbonyl (C=O) groups excluding carboxylic acids is 1. The molecule has 146 valence electrons. The Bertz CT molecular complexity index is 1050. The summed E-state index contributed by atoms with van der Waals surface area (Å²) >= 11 is 1.40. The molecule has 6 heteroatoms. The quantitative estimate of drug-likeness (QED) is 0.577. The first-order valence-corrected chi connectivity index (χ1v) is 10.6. The maximum atomic E-state index is 12.4. The molecule has 1 amide bonds. The monoisotopic (exact) mass is 396 g/mol. The molecule has 5 nitrogen and oxygen atoms in total. The van der Waals surface area contributed by atoms with Gasteiger partial charge in [0, 0.05) is 46.2 Å². The second kappa shape index (κ2) is 7.80. The van der Waals surface area contributed by atoms with Gasteiger partial charge < -0.3 is 9.15 Å². The van der Waals surface area contributed by atoms with Crippen molar-refractivity contribution in [3.8, 4) is 5.75 Å². The van der Waals surface area contributed by atoms with Crippen LogP contribution in [0.1, 0.15) is 49.1 Å². The summed E-state index contributed by atoms with van der Waals surface area (Å²) in [6.45, 7) is 6.50. The lowest BCUT2D eigenvalue weighted by molar-refractivity contribution is -0.111. The third-order valence-corrected chi connectivity index (χ3v) is 5.84. The van der Waals surface area contributed by atoms with Gasteiger partial charge in [-0.25, -0.2) is 4.98 Å². The number of carbonyl (C=O) groups is 1. The van der Waals surface area contributed by atoms with Crippen LogP contribution in [0.2, 0.25) is 0 Å². The Kier molecular flexibility index (Phi) is 5.22. The Morgan fingerprint density at radius 3 is 2.96 bits per heavy atom. The van der Waals surface area contributed by atoms with E-state index in [1.165, 1.54) is 29.7 Å². The van der Waals surface area contributed by atoms with Crippen LogP contribution < -0.4 is 10.1 Å². The van der Waals surface area contributed by atoms with Gasteiger partial charge in [-0.1, -0.05) is 0 Å². The number of aryl methyl sites for hydroxylation is 3. The van der Waals surface area contributed by atoms with Crippen molar-refractivity contribution in [3.05, 3.63) is 46.2 Å². The molecule has 1 aliphatic rings. The molecule has 1 aromatic carbocycles. The average molecular weight is 397 g/mol. The normalized spacial score (nSPS) is 14.2. The van der Waals surface area contributed by atoms with Gasteiger partial charge in [0.05, 0.1) is 6.61 Å². The van der Waals surface area contributed by atoms with Gasteiger partial charge >= 0.3 is 0 Å². The predicted molar refractivity (Wildman–Crippen MR) is 113 cm³/mol. The summed E-state index contributed by atoms with van der Waals surface area (Å²) in [4.78, 5) is 16.5. The molecule has 0 saturated heterocycles. The Morgan fingerprint density at radius 2 is 2.21 bits per heavy atom. The number of hydrogen-bond donors (Lipinski definition) is 1. The van der Waals surface area contributed by atoms with Crippen molar-refractivity contribution >= 4 is 38.9 Å². The Hall–Kier alpha value is -2.60. The van der Waals surface area contributed by atoms with Crippen LogP contribution in [0.5, 0.6) is 5.75 Å². The zero-order valence-corrected chi connectivity index (χ0v) is 17.2. The van der Waals surface area contributed by atoms with Crippen molar-refractivity contribution in [2.24, 2.45) is 0 Å². The minimum absolute atomic E-state index is 0.193. The van der Waals surface area contributed by atoms with Crippen molar-refractivity contribution in [3.63, 3.8) is 0 Å². The van der Waals surface area contributed by atoms with E-state index in [1.54, 1.807) is 12.3 Å². The number of thiazole rings is 1. The van der Waals surface area contributed by atoms with Gasteiger partial charge in [0.2, 0.25) is 5.91 Å². The highest BCUT2D eigenvalue weighted by atomic mass is 32.1. The molecule has 0 radical (unpaired) electrons.